The van der Waals surface area contributed by atoms with Crippen molar-refractivity contribution in [2.75, 3.05) is 5.32 Å². The van der Waals surface area contributed by atoms with Gasteiger partial charge in [-0.05, 0) is 55.3 Å². The van der Waals surface area contributed by atoms with Crippen LogP contribution in [0.5, 0.6) is 0 Å². The van der Waals surface area contributed by atoms with Crippen LogP contribution >= 0.6 is 22.9 Å². The van der Waals surface area contributed by atoms with Crippen LogP contribution in [0.2, 0.25) is 4.34 Å². The van der Waals surface area contributed by atoms with Gasteiger partial charge in [0, 0.05) is 10.6 Å². The molecule has 2 aromatic heterocycles. The Hall–Kier alpha value is -1.71. The molecule has 1 unspecified atom stereocenters. The Bertz CT molecular complexity index is 733. The fraction of sp³-hybridized carbons (Fsp3) is 0.176. The van der Waals surface area contributed by atoms with Crippen LogP contribution in [0.1, 0.15) is 27.8 Å². The van der Waals surface area contributed by atoms with E-state index in [0.717, 1.165) is 20.7 Å². The minimum absolute atomic E-state index is 0.0296. The largest absolute Gasteiger partial charge is 0.467 e. The standard InChI is InChI=1S/C17H16ClNOS/c1-11-5-3-6-13(12(11)2)19-17(14-7-4-10-20-14)15-8-9-16(18)21-15/h3-10,17,19H,1-2H3. The van der Waals surface area contributed by atoms with E-state index in [0.29, 0.717) is 0 Å². The number of furan rings is 1. The number of halogens is 1. The van der Waals surface area contributed by atoms with Crippen molar-refractivity contribution in [3.8, 4) is 0 Å². The zero-order chi connectivity index (χ0) is 14.8. The molecular weight excluding hydrogens is 302 g/mol. The first-order valence-electron chi connectivity index (χ1n) is 6.76. The van der Waals surface area contributed by atoms with Gasteiger partial charge < -0.3 is 9.73 Å². The first kappa shape index (κ1) is 14.2. The van der Waals surface area contributed by atoms with Crippen molar-refractivity contribution in [3.63, 3.8) is 0 Å². The van der Waals surface area contributed by atoms with Crippen LogP contribution in [0.4, 0.5) is 5.69 Å². The smallest absolute Gasteiger partial charge is 0.131 e. The summed E-state index contributed by atoms with van der Waals surface area (Å²) in [7, 11) is 0. The number of anilines is 1. The molecule has 0 bridgehead atoms. The molecule has 1 aromatic carbocycles. The highest BCUT2D eigenvalue weighted by atomic mass is 35.5. The van der Waals surface area contributed by atoms with E-state index in [9.17, 15) is 0 Å². The minimum atomic E-state index is -0.0296. The number of nitrogens with one attached hydrogen (secondary N) is 1. The lowest BCUT2D eigenvalue weighted by atomic mass is 10.1. The van der Waals surface area contributed by atoms with Crippen LogP contribution in [0.25, 0.3) is 0 Å². The van der Waals surface area contributed by atoms with Crippen LogP contribution < -0.4 is 5.32 Å². The van der Waals surface area contributed by atoms with Crippen LogP contribution in [0.15, 0.2) is 53.1 Å². The Morgan fingerprint density at radius 1 is 1.10 bits per heavy atom. The van der Waals surface area contributed by atoms with Gasteiger partial charge in [-0.25, -0.2) is 0 Å². The second-order valence-electron chi connectivity index (χ2n) is 4.98. The van der Waals surface area contributed by atoms with E-state index in [-0.39, 0.29) is 6.04 Å². The summed E-state index contributed by atoms with van der Waals surface area (Å²) >= 11 is 7.65. The highest BCUT2D eigenvalue weighted by Crippen LogP contribution is 2.34. The second-order valence-corrected chi connectivity index (χ2v) is 6.73. The molecule has 108 valence electrons. The van der Waals surface area contributed by atoms with Crippen LogP contribution in [-0.4, -0.2) is 0 Å². The topological polar surface area (TPSA) is 25.2 Å². The van der Waals surface area contributed by atoms with Gasteiger partial charge in [-0.1, -0.05) is 23.7 Å². The second kappa shape index (κ2) is 5.96. The summed E-state index contributed by atoms with van der Waals surface area (Å²) in [6.45, 7) is 4.24. The van der Waals surface area contributed by atoms with Gasteiger partial charge in [-0.15, -0.1) is 11.3 Å². The lowest BCUT2D eigenvalue weighted by Crippen LogP contribution is -2.11. The minimum Gasteiger partial charge on any atom is -0.467 e. The van der Waals surface area contributed by atoms with Crippen LogP contribution in [0.3, 0.4) is 0 Å². The molecule has 0 saturated heterocycles. The maximum atomic E-state index is 6.09. The van der Waals surface area contributed by atoms with E-state index in [4.69, 9.17) is 16.0 Å². The molecule has 21 heavy (non-hydrogen) atoms. The van der Waals surface area contributed by atoms with Gasteiger partial charge in [-0.3, -0.25) is 0 Å². The average molecular weight is 318 g/mol. The molecule has 0 spiro atoms. The molecule has 0 radical (unpaired) electrons. The molecule has 0 aliphatic heterocycles. The highest BCUT2D eigenvalue weighted by Gasteiger charge is 2.19. The Labute approximate surface area is 133 Å². The number of hydrogen-bond donors (Lipinski definition) is 1. The number of hydrogen-bond acceptors (Lipinski definition) is 3. The predicted octanol–water partition coefficient (Wildman–Crippen LogP) is 5.81. The van der Waals surface area contributed by atoms with Gasteiger partial charge >= 0.3 is 0 Å². The molecular formula is C17H16ClNOS. The van der Waals surface area contributed by atoms with Crippen molar-refractivity contribution in [3.05, 3.63) is 74.8 Å². The quantitative estimate of drug-likeness (QED) is 0.656. The lowest BCUT2D eigenvalue weighted by Gasteiger charge is -2.19. The van der Waals surface area contributed by atoms with Gasteiger partial charge in [0.25, 0.3) is 0 Å². The summed E-state index contributed by atoms with van der Waals surface area (Å²) in [6.07, 6.45) is 1.70. The number of rotatable bonds is 4. The summed E-state index contributed by atoms with van der Waals surface area (Å²) in [6, 6.07) is 14.1. The average Bonchev–Trinajstić information content (AvgIpc) is 3.12. The van der Waals surface area contributed by atoms with Crippen LogP contribution in [0, 0.1) is 13.8 Å². The molecule has 0 aliphatic carbocycles. The van der Waals surface area contributed by atoms with Crippen molar-refractivity contribution in [1.82, 2.24) is 0 Å². The number of thiophene rings is 1. The fourth-order valence-electron chi connectivity index (χ4n) is 2.28. The first-order valence-corrected chi connectivity index (χ1v) is 7.96. The Kier molecular flexibility index (Phi) is 4.04. The van der Waals surface area contributed by atoms with E-state index < -0.39 is 0 Å². The van der Waals surface area contributed by atoms with E-state index in [1.54, 1.807) is 17.6 Å². The molecule has 4 heteroatoms. The van der Waals surface area contributed by atoms with Crippen molar-refractivity contribution >= 4 is 28.6 Å². The maximum absolute atomic E-state index is 6.09. The van der Waals surface area contributed by atoms with Gasteiger partial charge in [0.05, 0.1) is 10.6 Å². The summed E-state index contributed by atoms with van der Waals surface area (Å²) in [5.74, 6) is 0.884. The molecule has 0 aliphatic rings. The van der Waals surface area contributed by atoms with E-state index >= 15 is 0 Å². The predicted molar refractivity (Wildman–Crippen MR) is 89.4 cm³/mol. The third-order valence-corrected chi connectivity index (χ3v) is 4.91. The molecule has 2 heterocycles. The summed E-state index contributed by atoms with van der Waals surface area (Å²) in [5.41, 5.74) is 3.63. The summed E-state index contributed by atoms with van der Waals surface area (Å²) in [4.78, 5) is 1.14. The van der Waals surface area contributed by atoms with E-state index in [1.165, 1.54) is 11.1 Å². The molecule has 3 aromatic rings. The third kappa shape index (κ3) is 2.99. The third-order valence-electron chi connectivity index (χ3n) is 3.61. The maximum Gasteiger partial charge on any atom is 0.131 e. The van der Waals surface area contributed by atoms with Crippen LogP contribution in [-0.2, 0) is 0 Å². The van der Waals surface area contributed by atoms with E-state index in [2.05, 4.69) is 37.4 Å². The van der Waals surface area contributed by atoms with Crippen molar-refractivity contribution in [2.24, 2.45) is 0 Å². The monoisotopic (exact) mass is 317 g/mol. The Morgan fingerprint density at radius 3 is 2.62 bits per heavy atom. The molecule has 0 amide bonds. The zero-order valence-corrected chi connectivity index (χ0v) is 13.5. The normalized spacial score (nSPS) is 12.3. The van der Waals surface area contributed by atoms with Crippen molar-refractivity contribution in [1.29, 1.82) is 0 Å². The van der Waals surface area contributed by atoms with Crippen molar-refractivity contribution < 1.29 is 4.42 Å². The fourth-order valence-corrected chi connectivity index (χ4v) is 3.40. The highest BCUT2D eigenvalue weighted by molar-refractivity contribution is 7.16. The first-order chi connectivity index (χ1) is 10.1. The van der Waals surface area contributed by atoms with Gasteiger partial charge in [-0.2, -0.15) is 0 Å². The molecule has 2 nitrogen and oxygen atoms in total. The molecule has 0 fully saturated rings. The van der Waals surface area contributed by atoms with Gasteiger partial charge in [0.1, 0.15) is 11.8 Å². The summed E-state index contributed by atoms with van der Waals surface area (Å²) < 4.78 is 6.38. The zero-order valence-electron chi connectivity index (χ0n) is 11.9. The number of benzene rings is 1. The summed E-state index contributed by atoms with van der Waals surface area (Å²) in [5, 5.41) is 3.58. The van der Waals surface area contributed by atoms with Gasteiger partial charge in [0.15, 0.2) is 0 Å². The molecule has 0 saturated carbocycles. The SMILES string of the molecule is Cc1cccc(NC(c2ccco2)c2ccc(Cl)s2)c1C. The molecule has 1 N–H and O–H groups in total. The lowest BCUT2D eigenvalue weighted by molar-refractivity contribution is 0.500. The molecule has 1 atom stereocenters. The number of aryl methyl sites for hydroxylation is 1. The molecule has 3 rings (SSSR count). The van der Waals surface area contributed by atoms with Gasteiger partial charge in [0.2, 0.25) is 0 Å². The van der Waals surface area contributed by atoms with Crippen molar-refractivity contribution in [2.45, 2.75) is 19.9 Å². The Morgan fingerprint density at radius 2 is 1.95 bits per heavy atom. The Balaban J connectivity index is 1.99. The van der Waals surface area contributed by atoms with E-state index in [1.807, 2.05) is 24.3 Å².